The van der Waals surface area contributed by atoms with E-state index in [4.69, 9.17) is 0 Å². The lowest BCUT2D eigenvalue weighted by atomic mass is 9.89. The Hall–Kier alpha value is -1.35. The first-order chi connectivity index (χ1) is 11.2. The molecule has 3 heteroatoms. The van der Waals surface area contributed by atoms with Crippen LogP contribution < -0.4 is 5.32 Å². The number of rotatable bonds is 13. The summed E-state index contributed by atoms with van der Waals surface area (Å²) >= 11 is 0. The van der Waals surface area contributed by atoms with Crippen LogP contribution in [-0.2, 0) is 11.3 Å². The zero-order valence-corrected chi connectivity index (χ0v) is 14.8. The molecule has 1 aromatic rings. The van der Waals surface area contributed by atoms with E-state index >= 15 is 0 Å². The summed E-state index contributed by atoms with van der Waals surface area (Å²) in [6.45, 7) is 5.08. The minimum Gasteiger partial charge on any atom is -0.481 e. The highest BCUT2D eigenvalue weighted by atomic mass is 16.4. The molecule has 0 aliphatic rings. The standard InChI is InChI=1S/C20H33NO2/c1-3-5-7-11-14-18(20(22)23)19(15-6-4-2)21-16-17-12-9-8-10-13-17/h8-10,12-13,18-19,21H,3-7,11,14-16H2,1-2H3,(H,22,23). The molecule has 0 fully saturated rings. The maximum Gasteiger partial charge on any atom is 0.308 e. The largest absolute Gasteiger partial charge is 0.481 e. The normalized spacial score (nSPS) is 13.7. The number of aliphatic carboxylic acids is 1. The molecule has 0 aromatic heterocycles. The molecule has 2 N–H and O–H groups in total. The lowest BCUT2D eigenvalue weighted by Gasteiger charge is -2.25. The van der Waals surface area contributed by atoms with Gasteiger partial charge in [0.15, 0.2) is 0 Å². The van der Waals surface area contributed by atoms with Crippen LogP contribution in [0.2, 0.25) is 0 Å². The number of nitrogens with one attached hydrogen (secondary N) is 1. The van der Waals surface area contributed by atoms with Gasteiger partial charge in [-0.1, -0.05) is 82.7 Å². The third-order valence-corrected chi connectivity index (χ3v) is 4.45. The summed E-state index contributed by atoms with van der Waals surface area (Å²) in [6, 6.07) is 10.3. The van der Waals surface area contributed by atoms with Gasteiger partial charge in [-0.05, 0) is 18.4 Å². The first-order valence-electron chi connectivity index (χ1n) is 9.19. The zero-order chi connectivity index (χ0) is 16.9. The molecule has 1 aromatic carbocycles. The van der Waals surface area contributed by atoms with Crippen LogP contribution in [0.3, 0.4) is 0 Å². The van der Waals surface area contributed by atoms with Crippen molar-refractivity contribution >= 4 is 5.97 Å². The molecule has 0 spiro atoms. The highest BCUT2D eigenvalue weighted by molar-refractivity contribution is 5.70. The van der Waals surface area contributed by atoms with Crippen molar-refractivity contribution in [2.45, 2.75) is 77.8 Å². The first kappa shape index (κ1) is 19.7. The smallest absolute Gasteiger partial charge is 0.308 e. The molecular formula is C20H33NO2. The van der Waals surface area contributed by atoms with E-state index in [1.165, 1.54) is 18.4 Å². The van der Waals surface area contributed by atoms with Crippen molar-refractivity contribution < 1.29 is 9.90 Å². The summed E-state index contributed by atoms with van der Waals surface area (Å²) in [5, 5.41) is 13.2. The fourth-order valence-corrected chi connectivity index (χ4v) is 3.00. The number of hydrogen-bond donors (Lipinski definition) is 2. The number of hydrogen-bond acceptors (Lipinski definition) is 2. The molecule has 2 unspecified atom stereocenters. The number of carboxylic acid groups (broad SMARTS) is 1. The fourth-order valence-electron chi connectivity index (χ4n) is 3.00. The van der Waals surface area contributed by atoms with Crippen molar-refractivity contribution in [3.63, 3.8) is 0 Å². The Kier molecular flexibility index (Phi) is 10.4. The summed E-state index contributed by atoms with van der Waals surface area (Å²) in [5.41, 5.74) is 1.21. The fraction of sp³-hybridized carbons (Fsp3) is 0.650. The van der Waals surface area contributed by atoms with E-state index in [2.05, 4.69) is 31.3 Å². The molecular weight excluding hydrogens is 286 g/mol. The van der Waals surface area contributed by atoms with Gasteiger partial charge in [0.2, 0.25) is 0 Å². The van der Waals surface area contributed by atoms with Crippen molar-refractivity contribution in [1.29, 1.82) is 0 Å². The molecule has 0 heterocycles. The van der Waals surface area contributed by atoms with Crippen molar-refractivity contribution in [1.82, 2.24) is 5.32 Å². The predicted octanol–water partition coefficient (Wildman–Crippen LogP) is 5.01. The second-order valence-corrected chi connectivity index (χ2v) is 6.41. The molecule has 0 saturated heterocycles. The molecule has 130 valence electrons. The second kappa shape index (κ2) is 12.1. The Morgan fingerprint density at radius 3 is 2.30 bits per heavy atom. The first-order valence-corrected chi connectivity index (χ1v) is 9.19. The molecule has 0 amide bonds. The summed E-state index contributed by atoms with van der Waals surface area (Å²) in [4.78, 5) is 11.7. The van der Waals surface area contributed by atoms with E-state index < -0.39 is 5.97 Å². The summed E-state index contributed by atoms with van der Waals surface area (Å²) in [6.07, 6.45) is 8.43. The summed E-state index contributed by atoms with van der Waals surface area (Å²) < 4.78 is 0. The van der Waals surface area contributed by atoms with E-state index in [1.807, 2.05) is 18.2 Å². The Labute approximate surface area is 141 Å². The zero-order valence-electron chi connectivity index (χ0n) is 14.8. The van der Waals surface area contributed by atoms with E-state index in [1.54, 1.807) is 0 Å². The van der Waals surface area contributed by atoms with Crippen molar-refractivity contribution in [2.24, 2.45) is 5.92 Å². The van der Waals surface area contributed by atoms with E-state index in [9.17, 15) is 9.90 Å². The van der Waals surface area contributed by atoms with Crippen LogP contribution in [0.4, 0.5) is 0 Å². The molecule has 2 atom stereocenters. The van der Waals surface area contributed by atoms with Gasteiger partial charge in [-0.2, -0.15) is 0 Å². The Bertz CT molecular complexity index is 419. The SMILES string of the molecule is CCCCCCC(C(=O)O)C(CCCC)NCc1ccccc1. The van der Waals surface area contributed by atoms with E-state index in [0.29, 0.717) is 0 Å². The second-order valence-electron chi connectivity index (χ2n) is 6.41. The van der Waals surface area contributed by atoms with E-state index in [0.717, 1.165) is 45.1 Å². The lowest BCUT2D eigenvalue weighted by molar-refractivity contribution is -0.143. The predicted molar refractivity (Wildman–Crippen MR) is 96.5 cm³/mol. The van der Waals surface area contributed by atoms with Gasteiger partial charge >= 0.3 is 5.97 Å². The van der Waals surface area contributed by atoms with Crippen LogP contribution in [0.5, 0.6) is 0 Å². The summed E-state index contributed by atoms with van der Waals surface area (Å²) in [5.74, 6) is -0.926. The molecule has 3 nitrogen and oxygen atoms in total. The quantitative estimate of drug-likeness (QED) is 0.503. The molecule has 23 heavy (non-hydrogen) atoms. The van der Waals surface area contributed by atoms with Gasteiger partial charge in [0.05, 0.1) is 5.92 Å². The molecule has 1 rings (SSSR count). The lowest BCUT2D eigenvalue weighted by Crippen LogP contribution is -2.40. The van der Waals surface area contributed by atoms with Gasteiger partial charge in [-0.25, -0.2) is 0 Å². The van der Waals surface area contributed by atoms with Crippen LogP contribution >= 0.6 is 0 Å². The number of benzene rings is 1. The third-order valence-electron chi connectivity index (χ3n) is 4.45. The van der Waals surface area contributed by atoms with Crippen molar-refractivity contribution in [2.75, 3.05) is 0 Å². The molecule has 0 saturated carbocycles. The van der Waals surface area contributed by atoms with Crippen molar-refractivity contribution in [3.05, 3.63) is 35.9 Å². The average molecular weight is 319 g/mol. The van der Waals surface area contributed by atoms with Crippen LogP contribution in [-0.4, -0.2) is 17.1 Å². The van der Waals surface area contributed by atoms with Crippen LogP contribution in [0.15, 0.2) is 30.3 Å². The Morgan fingerprint density at radius 2 is 1.70 bits per heavy atom. The Balaban J connectivity index is 2.60. The van der Waals surface area contributed by atoms with Crippen LogP contribution in [0.1, 0.15) is 70.8 Å². The topological polar surface area (TPSA) is 49.3 Å². The van der Waals surface area contributed by atoms with Gasteiger partial charge in [0.1, 0.15) is 0 Å². The summed E-state index contributed by atoms with van der Waals surface area (Å²) in [7, 11) is 0. The highest BCUT2D eigenvalue weighted by Crippen LogP contribution is 2.20. The van der Waals surface area contributed by atoms with Crippen LogP contribution in [0, 0.1) is 5.92 Å². The molecule has 0 radical (unpaired) electrons. The number of carbonyl (C=O) groups is 1. The van der Waals surface area contributed by atoms with Gasteiger partial charge in [-0.3, -0.25) is 4.79 Å². The minimum atomic E-state index is -0.650. The maximum atomic E-state index is 11.7. The van der Waals surface area contributed by atoms with Gasteiger partial charge in [0.25, 0.3) is 0 Å². The van der Waals surface area contributed by atoms with Gasteiger partial charge in [0, 0.05) is 12.6 Å². The van der Waals surface area contributed by atoms with Crippen molar-refractivity contribution in [3.8, 4) is 0 Å². The maximum absolute atomic E-state index is 11.7. The van der Waals surface area contributed by atoms with Crippen LogP contribution in [0.25, 0.3) is 0 Å². The average Bonchev–Trinajstić information content (AvgIpc) is 2.56. The number of carboxylic acids is 1. The molecule has 0 aliphatic heterocycles. The van der Waals surface area contributed by atoms with E-state index in [-0.39, 0.29) is 12.0 Å². The van der Waals surface area contributed by atoms with Gasteiger partial charge in [-0.15, -0.1) is 0 Å². The highest BCUT2D eigenvalue weighted by Gasteiger charge is 2.26. The molecule has 0 aliphatic carbocycles. The van der Waals surface area contributed by atoms with Gasteiger partial charge < -0.3 is 10.4 Å². The third kappa shape index (κ3) is 8.17. The molecule has 0 bridgehead atoms. The monoisotopic (exact) mass is 319 g/mol. The Morgan fingerprint density at radius 1 is 1.00 bits per heavy atom. The number of unbranched alkanes of at least 4 members (excludes halogenated alkanes) is 4. The minimum absolute atomic E-state index is 0.0642.